The number of rotatable bonds is 1. The van der Waals surface area contributed by atoms with Crippen molar-refractivity contribution in [3.63, 3.8) is 0 Å². The van der Waals surface area contributed by atoms with Gasteiger partial charge in [0, 0.05) is 7.05 Å². The largest absolute Gasteiger partial charge is 0.508 e. The number of benzene rings is 1. The third-order valence-electron chi connectivity index (χ3n) is 3.10. The minimum atomic E-state index is -0.123. The normalized spacial score (nSPS) is 18.4. The Balaban J connectivity index is 2.38. The minimum absolute atomic E-state index is 0.0652. The van der Waals surface area contributed by atoms with Crippen molar-refractivity contribution in [2.75, 3.05) is 12.9 Å². The average molecular weight is 277 g/mol. The van der Waals surface area contributed by atoms with Crippen LogP contribution < -0.4 is 0 Å². The van der Waals surface area contributed by atoms with Crippen molar-refractivity contribution >= 4 is 23.7 Å². The van der Waals surface area contributed by atoms with E-state index < -0.39 is 0 Å². The number of amides is 1. The zero-order valence-electron chi connectivity index (χ0n) is 11.7. The van der Waals surface area contributed by atoms with E-state index in [1.165, 1.54) is 0 Å². The van der Waals surface area contributed by atoms with Gasteiger partial charge < -0.3 is 10.0 Å². The highest BCUT2D eigenvalue weighted by atomic mass is 32.2. The molecule has 102 valence electrons. The molecule has 0 spiro atoms. The molecule has 0 aliphatic carbocycles. The monoisotopic (exact) mass is 277 g/mol. The van der Waals surface area contributed by atoms with Crippen LogP contribution in [-0.2, 0) is 10.2 Å². The van der Waals surface area contributed by atoms with Crippen LogP contribution in [0.1, 0.15) is 31.9 Å². The number of hydrogen-bond donors (Lipinski definition) is 1. The molecule has 0 bridgehead atoms. The summed E-state index contributed by atoms with van der Waals surface area (Å²) in [5.41, 5.74) is 1.72. The van der Waals surface area contributed by atoms with Gasteiger partial charge in [0.05, 0.1) is 10.8 Å². The molecule has 1 N–H and O–H groups in total. The van der Waals surface area contributed by atoms with Gasteiger partial charge in [-0.15, -0.1) is 0 Å². The number of likely N-dealkylation sites (N-methyl/N-ethyl adjacent to an activating group) is 1. The van der Waals surface area contributed by atoms with E-state index >= 15 is 0 Å². The van der Waals surface area contributed by atoms with Crippen LogP contribution in [0, 0.1) is 0 Å². The van der Waals surface area contributed by atoms with Crippen molar-refractivity contribution in [3.05, 3.63) is 34.2 Å². The van der Waals surface area contributed by atoms with Crippen LogP contribution in [0.5, 0.6) is 5.75 Å². The fourth-order valence-corrected chi connectivity index (χ4v) is 2.92. The molecular weight excluding hydrogens is 258 g/mol. The maximum absolute atomic E-state index is 11.8. The van der Waals surface area contributed by atoms with Crippen molar-refractivity contribution in [2.24, 2.45) is 0 Å². The van der Waals surface area contributed by atoms with Gasteiger partial charge in [-0.2, -0.15) is 0 Å². The maximum Gasteiger partial charge on any atom is 0.260 e. The molecule has 0 radical (unpaired) electrons. The van der Waals surface area contributed by atoms with Crippen molar-refractivity contribution in [3.8, 4) is 5.75 Å². The number of carbonyl (C=O) groups excluding carboxylic acids is 1. The summed E-state index contributed by atoms with van der Waals surface area (Å²) in [5.74, 6) is 1.07. The van der Waals surface area contributed by atoms with Crippen molar-refractivity contribution in [2.45, 2.75) is 26.2 Å². The van der Waals surface area contributed by atoms with Crippen LogP contribution in [0.15, 0.2) is 23.1 Å². The molecular formula is C15H19NO2S. The standard InChI is InChI=1S/C15H19NO2S/c1-15(2,3)11-7-10(5-6-12(11)17)8-13-14(18)16(4)9-19-13/h5-8,17H,9H2,1-4H3. The summed E-state index contributed by atoms with van der Waals surface area (Å²) in [4.78, 5) is 14.3. The van der Waals surface area contributed by atoms with Crippen LogP contribution in [0.25, 0.3) is 6.08 Å². The highest BCUT2D eigenvalue weighted by Crippen LogP contribution is 2.33. The Labute approximate surface area is 118 Å². The molecule has 1 aliphatic rings. The second-order valence-electron chi connectivity index (χ2n) is 5.81. The highest BCUT2D eigenvalue weighted by molar-refractivity contribution is 8.04. The molecule has 0 aromatic heterocycles. The molecule has 0 unspecified atom stereocenters. The van der Waals surface area contributed by atoms with Crippen molar-refractivity contribution in [1.82, 2.24) is 4.90 Å². The van der Waals surface area contributed by atoms with Crippen LogP contribution in [0.4, 0.5) is 0 Å². The summed E-state index contributed by atoms with van der Waals surface area (Å²) >= 11 is 1.55. The first-order chi connectivity index (χ1) is 8.79. The zero-order chi connectivity index (χ0) is 14.2. The molecule has 1 saturated heterocycles. The Bertz CT molecular complexity index is 544. The first-order valence-electron chi connectivity index (χ1n) is 6.22. The van der Waals surface area contributed by atoms with E-state index in [2.05, 4.69) is 20.8 Å². The third-order valence-corrected chi connectivity index (χ3v) is 4.22. The van der Waals surface area contributed by atoms with Gasteiger partial charge in [0.2, 0.25) is 0 Å². The van der Waals surface area contributed by atoms with Crippen LogP contribution >= 0.6 is 11.8 Å². The van der Waals surface area contributed by atoms with Crippen LogP contribution in [-0.4, -0.2) is 28.8 Å². The number of thioether (sulfide) groups is 1. The Morgan fingerprint density at radius 2 is 2.05 bits per heavy atom. The van der Waals surface area contributed by atoms with Crippen LogP contribution in [0.2, 0.25) is 0 Å². The summed E-state index contributed by atoms with van der Waals surface area (Å²) in [6.07, 6.45) is 1.89. The van der Waals surface area contributed by atoms with Gasteiger partial charge in [0.1, 0.15) is 5.75 Å². The van der Waals surface area contributed by atoms with Gasteiger partial charge in [0.25, 0.3) is 5.91 Å². The van der Waals surface area contributed by atoms with Crippen LogP contribution in [0.3, 0.4) is 0 Å². The Hall–Kier alpha value is -1.42. The molecule has 1 aromatic carbocycles. The topological polar surface area (TPSA) is 40.5 Å². The lowest BCUT2D eigenvalue weighted by Gasteiger charge is -2.20. The number of nitrogens with zero attached hydrogens (tertiary/aromatic N) is 1. The van der Waals surface area contributed by atoms with E-state index in [0.717, 1.165) is 16.0 Å². The number of carbonyl (C=O) groups is 1. The molecule has 1 aromatic rings. The first kappa shape index (κ1) is 14.0. The lowest BCUT2D eigenvalue weighted by molar-refractivity contribution is -0.123. The molecule has 1 heterocycles. The van der Waals surface area contributed by atoms with E-state index in [9.17, 15) is 9.90 Å². The molecule has 1 aliphatic heterocycles. The fourth-order valence-electron chi connectivity index (χ4n) is 1.97. The fraction of sp³-hybridized carbons (Fsp3) is 0.400. The molecule has 0 atom stereocenters. The molecule has 0 saturated carbocycles. The predicted molar refractivity (Wildman–Crippen MR) is 80.0 cm³/mol. The second-order valence-corrected chi connectivity index (χ2v) is 6.80. The maximum atomic E-state index is 11.8. The molecule has 19 heavy (non-hydrogen) atoms. The number of hydrogen-bond acceptors (Lipinski definition) is 3. The number of phenols is 1. The minimum Gasteiger partial charge on any atom is -0.508 e. The zero-order valence-corrected chi connectivity index (χ0v) is 12.5. The van der Waals surface area contributed by atoms with Crippen molar-refractivity contribution in [1.29, 1.82) is 0 Å². The third kappa shape index (κ3) is 2.95. The Morgan fingerprint density at radius 3 is 2.58 bits per heavy atom. The first-order valence-corrected chi connectivity index (χ1v) is 7.21. The van der Waals surface area contributed by atoms with E-state index in [4.69, 9.17) is 0 Å². The van der Waals surface area contributed by atoms with E-state index in [1.807, 2.05) is 18.2 Å². The Kier molecular flexibility index (Phi) is 3.63. The van der Waals surface area contributed by atoms with Gasteiger partial charge >= 0.3 is 0 Å². The summed E-state index contributed by atoms with van der Waals surface area (Å²) in [5, 5.41) is 9.92. The quantitative estimate of drug-likeness (QED) is 0.801. The summed E-state index contributed by atoms with van der Waals surface area (Å²) in [6.45, 7) is 6.17. The van der Waals surface area contributed by atoms with Gasteiger partial charge in [-0.1, -0.05) is 38.6 Å². The molecule has 4 heteroatoms. The molecule has 1 fully saturated rings. The molecule has 3 nitrogen and oxygen atoms in total. The Morgan fingerprint density at radius 1 is 1.37 bits per heavy atom. The molecule has 1 amide bonds. The summed E-state index contributed by atoms with van der Waals surface area (Å²) in [7, 11) is 1.80. The summed E-state index contributed by atoms with van der Waals surface area (Å²) < 4.78 is 0. The molecule has 2 rings (SSSR count). The van der Waals surface area contributed by atoms with Gasteiger partial charge in [-0.05, 0) is 34.8 Å². The van der Waals surface area contributed by atoms with Crippen molar-refractivity contribution < 1.29 is 9.90 Å². The van der Waals surface area contributed by atoms with E-state index in [0.29, 0.717) is 11.6 Å². The number of phenolic OH excluding ortho intramolecular Hbond substituents is 1. The van der Waals surface area contributed by atoms with Gasteiger partial charge in [-0.3, -0.25) is 4.79 Å². The average Bonchev–Trinajstić information content (AvgIpc) is 2.62. The van der Waals surface area contributed by atoms with Gasteiger partial charge in [-0.25, -0.2) is 0 Å². The number of aromatic hydroxyl groups is 1. The lowest BCUT2D eigenvalue weighted by Crippen LogP contribution is -2.18. The highest BCUT2D eigenvalue weighted by Gasteiger charge is 2.23. The lowest BCUT2D eigenvalue weighted by atomic mass is 9.85. The van der Waals surface area contributed by atoms with E-state index in [1.54, 1.807) is 29.8 Å². The second kappa shape index (κ2) is 4.93. The summed E-state index contributed by atoms with van der Waals surface area (Å²) in [6, 6.07) is 5.49. The van der Waals surface area contributed by atoms with E-state index in [-0.39, 0.29) is 11.3 Å². The smallest absolute Gasteiger partial charge is 0.260 e. The SMILES string of the molecule is CN1CSC(=Cc2ccc(O)c(C(C)(C)C)c2)C1=O. The predicted octanol–water partition coefficient (Wildman–Crippen LogP) is 3.19. The van der Waals surface area contributed by atoms with Gasteiger partial charge in [0.15, 0.2) is 0 Å².